The summed E-state index contributed by atoms with van der Waals surface area (Å²) in [6.45, 7) is 14.5. The highest BCUT2D eigenvalue weighted by Crippen LogP contribution is 2.40. The Morgan fingerprint density at radius 2 is 0.844 bits per heavy atom. The van der Waals surface area contributed by atoms with Gasteiger partial charge in [0, 0.05) is 22.2 Å². The first-order valence-electron chi connectivity index (χ1n) is 10.9. The fourth-order valence-corrected chi connectivity index (χ4v) is 5.21. The van der Waals surface area contributed by atoms with E-state index in [4.69, 9.17) is 19.6 Å². The van der Waals surface area contributed by atoms with Crippen molar-refractivity contribution in [1.82, 2.24) is 10.1 Å². The molecule has 1 aromatic carbocycles. The van der Waals surface area contributed by atoms with Gasteiger partial charge in [0.05, 0.1) is 0 Å². The van der Waals surface area contributed by atoms with Crippen LogP contribution in [-0.2, 0) is 20.2 Å². The highest BCUT2D eigenvalue weighted by atomic mass is 17.2. The number of hydrogen-bond acceptors (Lipinski definition) is 8. The molecule has 2 heterocycles. The molecule has 0 aliphatic carbocycles. The van der Waals surface area contributed by atoms with Crippen LogP contribution in [0.25, 0.3) is 0 Å². The third-order valence-corrected chi connectivity index (χ3v) is 6.47. The van der Waals surface area contributed by atoms with Crippen LogP contribution in [0.5, 0.6) is 11.5 Å². The van der Waals surface area contributed by atoms with Gasteiger partial charge in [0.15, 0.2) is 0 Å². The third-order valence-electron chi connectivity index (χ3n) is 6.47. The molecule has 0 amide bonds. The van der Waals surface area contributed by atoms with Gasteiger partial charge in [0.25, 0.3) is 22.4 Å². The molecule has 10 heteroatoms. The molecule has 2 aliphatic heterocycles. The monoisotopic (exact) mass is 454 g/mol. The van der Waals surface area contributed by atoms with Crippen LogP contribution in [0.4, 0.5) is 0 Å². The van der Waals surface area contributed by atoms with Gasteiger partial charge < -0.3 is 9.78 Å². The molecular weight excluding hydrogens is 420 g/mol. The quantitative estimate of drug-likeness (QED) is 0.366. The largest absolute Gasteiger partial charge is 0.329 e. The van der Waals surface area contributed by atoms with Crippen molar-refractivity contribution in [2.75, 3.05) is 0 Å². The van der Waals surface area contributed by atoms with Crippen LogP contribution in [0.3, 0.4) is 0 Å². The number of nitrogens with zero attached hydrogens (tertiary/aromatic N) is 2. The Kier molecular flexibility index (Phi) is 6.29. The summed E-state index contributed by atoms with van der Waals surface area (Å²) in [6.07, 6.45) is 0.651. The fraction of sp³-hybridized carbons (Fsp3) is 0.818. The molecule has 0 bridgehead atoms. The van der Waals surface area contributed by atoms with Crippen LogP contribution in [0.2, 0.25) is 0 Å². The van der Waals surface area contributed by atoms with Crippen molar-refractivity contribution in [3.8, 4) is 11.5 Å². The summed E-state index contributed by atoms with van der Waals surface area (Å²) in [6, 6.07) is 0. The third kappa shape index (κ3) is 4.57. The lowest BCUT2D eigenvalue weighted by Gasteiger charge is -2.49. The van der Waals surface area contributed by atoms with Crippen LogP contribution in [-0.4, -0.2) is 44.5 Å². The van der Waals surface area contributed by atoms with E-state index < -0.39 is 45.2 Å². The van der Waals surface area contributed by atoms with Gasteiger partial charge in [-0.1, -0.05) is 0 Å². The predicted molar refractivity (Wildman–Crippen MR) is 112 cm³/mol. The summed E-state index contributed by atoms with van der Waals surface area (Å²) in [5.74, 6) is -0.704. The maximum atomic E-state index is 12.5. The zero-order valence-corrected chi connectivity index (χ0v) is 20.1. The normalized spacial score (nSPS) is 26.3. The Hall–Kier alpha value is -1.56. The molecule has 2 saturated heterocycles. The van der Waals surface area contributed by atoms with Gasteiger partial charge in [-0.15, -0.1) is 20.5 Å². The van der Waals surface area contributed by atoms with Crippen molar-refractivity contribution in [2.24, 2.45) is 0 Å². The molecule has 2 aliphatic rings. The molecule has 0 unspecified atom stereocenters. The van der Waals surface area contributed by atoms with E-state index in [1.54, 1.807) is 0 Å². The second kappa shape index (κ2) is 8.03. The van der Waals surface area contributed by atoms with Crippen molar-refractivity contribution >= 4 is 0 Å². The van der Waals surface area contributed by atoms with Gasteiger partial charge in [0.1, 0.15) is 12.2 Å². The molecule has 10 nitrogen and oxygen atoms in total. The van der Waals surface area contributed by atoms with Gasteiger partial charge in [-0.3, -0.25) is 9.59 Å². The second-order valence-corrected chi connectivity index (χ2v) is 11.6. The minimum atomic E-state index is -0.863. The van der Waals surface area contributed by atoms with E-state index in [-0.39, 0.29) is 11.5 Å². The van der Waals surface area contributed by atoms with E-state index in [0.29, 0.717) is 25.7 Å². The predicted octanol–water partition coefficient (Wildman–Crippen LogP) is 2.64. The first-order chi connectivity index (χ1) is 14.5. The molecule has 0 aromatic heterocycles. The van der Waals surface area contributed by atoms with Crippen LogP contribution in [0.15, 0.2) is 9.59 Å². The Morgan fingerprint density at radius 3 is 1.09 bits per heavy atom. The van der Waals surface area contributed by atoms with Crippen molar-refractivity contribution in [1.29, 1.82) is 0 Å². The molecular formula is C22H34N2O8. The molecule has 3 rings (SSSR count). The maximum Gasteiger partial charge on any atom is 0.280 e. The zero-order chi connectivity index (χ0) is 24.3. The molecule has 0 saturated carbocycles. The molecule has 0 spiro atoms. The SMILES string of the molecule is CC1(C)CC(OOc2c(OOC3CC(C)(C)N([O])C(C)(C)C3)c(=O)c2=O)CC(C)(C)N1[O]. The lowest BCUT2D eigenvalue weighted by molar-refractivity contribution is -0.340. The Bertz CT molecular complexity index is 806. The van der Waals surface area contributed by atoms with E-state index in [0.717, 1.165) is 10.1 Å². The summed E-state index contributed by atoms with van der Waals surface area (Å²) in [4.78, 5) is 45.3. The van der Waals surface area contributed by atoms with Gasteiger partial charge in [-0.2, -0.15) is 9.78 Å². The summed E-state index contributed by atoms with van der Waals surface area (Å²) in [5, 5.41) is 27.0. The molecule has 180 valence electrons. The average Bonchev–Trinajstić information content (AvgIpc) is 2.65. The van der Waals surface area contributed by atoms with Gasteiger partial charge in [-0.25, -0.2) is 0 Å². The first-order valence-corrected chi connectivity index (χ1v) is 10.9. The summed E-state index contributed by atoms with van der Waals surface area (Å²) in [5.41, 5.74) is -4.44. The van der Waals surface area contributed by atoms with Crippen LogP contribution < -0.4 is 20.6 Å². The highest BCUT2D eigenvalue weighted by molar-refractivity contribution is 5.45. The number of rotatable bonds is 6. The zero-order valence-electron chi connectivity index (χ0n) is 20.1. The number of hydroxylamine groups is 4. The Morgan fingerprint density at radius 1 is 0.594 bits per heavy atom. The first kappa shape index (κ1) is 25.1. The molecule has 1 aromatic rings. The van der Waals surface area contributed by atoms with E-state index >= 15 is 0 Å². The van der Waals surface area contributed by atoms with E-state index in [1.165, 1.54) is 0 Å². The average molecular weight is 455 g/mol. The van der Waals surface area contributed by atoms with Crippen molar-refractivity contribution < 1.29 is 30.0 Å². The molecule has 2 radical (unpaired) electrons. The van der Waals surface area contributed by atoms with Crippen LogP contribution >= 0.6 is 0 Å². The van der Waals surface area contributed by atoms with Crippen LogP contribution in [0.1, 0.15) is 81.1 Å². The van der Waals surface area contributed by atoms with E-state index in [2.05, 4.69) is 0 Å². The standard InChI is InChI=1S/C22H34N2O8/c1-19(2)9-13(10-20(3,4)23(19)27)29-31-17-15(25)16(26)18(17)32-30-14-11-21(5,6)24(28)22(7,8)12-14/h13-14H,9-12H2,1-8H3. The van der Waals surface area contributed by atoms with Gasteiger partial charge in [0.2, 0.25) is 0 Å². The van der Waals surface area contributed by atoms with E-state index in [9.17, 15) is 20.0 Å². The lowest BCUT2D eigenvalue weighted by atomic mass is 9.80. The van der Waals surface area contributed by atoms with Crippen molar-refractivity contribution in [2.45, 2.75) is 115 Å². The van der Waals surface area contributed by atoms with Gasteiger partial charge in [-0.05, 0) is 81.1 Å². The van der Waals surface area contributed by atoms with Crippen LogP contribution in [0, 0.1) is 0 Å². The minimum Gasteiger partial charge on any atom is -0.329 e. The molecule has 0 N–H and O–H groups in total. The van der Waals surface area contributed by atoms with E-state index in [1.807, 2.05) is 55.4 Å². The summed E-state index contributed by atoms with van der Waals surface area (Å²) >= 11 is 0. The van der Waals surface area contributed by atoms with Gasteiger partial charge >= 0.3 is 0 Å². The smallest absolute Gasteiger partial charge is 0.280 e. The molecule has 0 atom stereocenters. The van der Waals surface area contributed by atoms with Crippen molar-refractivity contribution in [3.05, 3.63) is 20.4 Å². The van der Waals surface area contributed by atoms with Crippen molar-refractivity contribution in [3.63, 3.8) is 0 Å². The summed E-state index contributed by atoms with van der Waals surface area (Å²) in [7, 11) is 0. The minimum absolute atomic E-state index is 0.352. The lowest BCUT2D eigenvalue weighted by Crippen LogP contribution is -2.60. The Labute approximate surface area is 188 Å². The molecule has 2 fully saturated rings. The fourth-order valence-electron chi connectivity index (χ4n) is 5.21. The molecule has 32 heavy (non-hydrogen) atoms. The number of piperidine rings is 2. The summed E-state index contributed by atoms with van der Waals surface area (Å²) < 4.78 is 0. The number of hydrogen-bond donors (Lipinski definition) is 0. The maximum absolute atomic E-state index is 12.5. The highest BCUT2D eigenvalue weighted by Gasteiger charge is 2.49. The second-order valence-electron chi connectivity index (χ2n) is 11.6. The Balaban J connectivity index is 1.63. The topological polar surface area (TPSA) is 117 Å².